The van der Waals surface area contributed by atoms with E-state index in [1.165, 1.54) is 250 Å². The Labute approximate surface area is 601 Å². The fourth-order valence-corrected chi connectivity index (χ4v) is 19.6. The molecule has 0 radical (unpaired) electrons. The van der Waals surface area contributed by atoms with E-state index in [1.807, 2.05) is 0 Å². The highest BCUT2D eigenvalue weighted by Crippen LogP contribution is 2.53. The van der Waals surface area contributed by atoms with Gasteiger partial charge in [-0.05, 0) is 309 Å². The van der Waals surface area contributed by atoms with Gasteiger partial charge in [-0.1, -0.05) is 296 Å². The van der Waals surface area contributed by atoms with Crippen LogP contribution in [0.4, 0.5) is 0 Å². The third-order valence-electron chi connectivity index (χ3n) is 24.5. The molecule has 0 atom stereocenters. The molecular formula is C104H68. The molecule has 0 heterocycles. The van der Waals surface area contributed by atoms with Crippen molar-refractivity contribution in [3.05, 3.63) is 314 Å². The molecule has 0 nitrogen and oxygen atoms in total. The van der Waals surface area contributed by atoms with Crippen molar-refractivity contribution >= 4 is 183 Å². The second kappa shape index (κ2) is 20.6. The van der Waals surface area contributed by atoms with E-state index in [4.69, 9.17) is 0 Å². The van der Waals surface area contributed by atoms with Crippen LogP contribution >= 0.6 is 0 Å². The Kier molecular flexibility index (Phi) is 11.5. The first-order valence-corrected chi connectivity index (χ1v) is 37.0. The number of rotatable bonds is 3. The predicted molar refractivity (Wildman–Crippen MR) is 453 cm³/mol. The quantitative estimate of drug-likeness (QED) is 0.155. The van der Waals surface area contributed by atoms with Gasteiger partial charge in [0.25, 0.3) is 0 Å². The Morgan fingerprint density at radius 1 is 0.144 bits per heavy atom. The van der Waals surface area contributed by atoms with Crippen LogP contribution in [0.25, 0.3) is 239 Å². The molecule has 0 spiro atoms. The van der Waals surface area contributed by atoms with Gasteiger partial charge in [-0.25, -0.2) is 0 Å². The van der Waals surface area contributed by atoms with Crippen molar-refractivity contribution in [3.8, 4) is 55.6 Å². The molecule has 0 fully saturated rings. The molecule has 0 saturated carbocycles. The molecule has 0 heteroatoms. The van der Waals surface area contributed by atoms with Gasteiger partial charge in [0.1, 0.15) is 0 Å². The van der Waals surface area contributed by atoms with Crippen LogP contribution in [0.1, 0.15) is 52.7 Å². The molecule has 0 amide bonds. The summed E-state index contributed by atoms with van der Waals surface area (Å²) < 4.78 is 0. The molecule has 0 N–H and O–H groups in total. The summed E-state index contributed by atoms with van der Waals surface area (Å²) in [4.78, 5) is 0. The van der Waals surface area contributed by atoms with Crippen LogP contribution in [-0.2, 0) is 10.8 Å². The Morgan fingerprint density at radius 3 is 1.00 bits per heavy atom. The van der Waals surface area contributed by atoms with Gasteiger partial charge < -0.3 is 0 Å². The molecule has 0 aliphatic heterocycles. The highest BCUT2D eigenvalue weighted by Gasteiger charge is 2.27. The van der Waals surface area contributed by atoms with Gasteiger partial charge in [0.15, 0.2) is 0 Å². The molecule has 0 bridgehead atoms. The van der Waals surface area contributed by atoms with E-state index in [-0.39, 0.29) is 10.8 Å². The topological polar surface area (TPSA) is 0 Å². The highest BCUT2D eigenvalue weighted by atomic mass is 14.3. The highest BCUT2D eigenvalue weighted by molar-refractivity contribution is 6.41. The van der Waals surface area contributed by atoms with Crippen molar-refractivity contribution in [1.82, 2.24) is 0 Å². The molecule has 0 saturated heterocycles. The summed E-state index contributed by atoms with van der Waals surface area (Å²) in [6.45, 7) is 13.8. The fraction of sp³-hybridized carbons (Fsp3) is 0.0769. The van der Waals surface area contributed by atoms with E-state index in [2.05, 4.69) is 345 Å². The zero-order valence-electron chi connectivity index (χ0n) is 58.9. The van der Waals surface area contributed by atoms with Crippen molar-refractivity contribution in [1.29, 1.82) is 0 Å². The summed E-state index contributed by atoms with van der Waals surface area (Å²) >= 11 is 0. The van der Waals surface area contributed by atoms with Crippen LogP contribution in [0.15, 0.2) is 303 Å². The van der Waals surface area contributed by atoms with Gasteiger partial charge in [-0.2, -0.15) is 0 Å². The number of benzene rings is 19. The molecular weight excluding hydrogens is 1250 g/mol. The number of hydrogen-bond acceptors (Lipinski definition) is 0. The maximum absolute atomic E-state index is 2.49. The van der Waals surface area contributed by atoms with E-state index in [0.29, 0.717) is 0 Å². The smallest absolute Gasteiger partial charge is 0.00199 e. The summed E-state index contributed by atoms with van der Waals surface area (Å²) in [5.74, 6) is 0. The van der Waals surface area contributed by atoms with Gasteiger partial charge in [0.2, 0.25) is 0 Å². The van der Waals surface area contributed by atoms with Crippen molar-refractivity contribution < 1.29 is 0 Å². The lowest BCUT2D eigenvalue weighted by Gasteiger charge is -2.23. The van der Waals surface area contributed by atoms with E-state index in [9.17, 15) is 0 Å². The molecule has 1 aliphatic carbocycles. The average molecular weight is 1320 g/mol. The summed E-state index contributed by atoms with van der Waals surface area (Å²) in [6.07, 6.45) is 0. The lowest BCUT2D eigenvalue weighted by Crippen LogP contribution is -2.11. The minimum absolute atomic E-state index is 0.0334. The van der Waals surface area contributed by atoms with Crippen LogP contribution in [0.3, 0.4) is 0 Å². The lowest BCUT2D eigenvalue weighted by atomic mass is 9.81. The molecule has 0 aromatic heterocycles. The molecule has 23 aromatic carbocycles. The third kappa shape index (κ3) is 7.92. The minimum atomic E-state index is 0.0334. The lowest BCUT2D eigenvalue weighted by molar-refractivity contribution is 0.590. The minimum Gasteiger partial charge on any atom is -0.0616 e. The first-order chi connectivity index (χ1) is 50.8. The van der Waals surface area contributed by atoms with Gasteiger partial charge in [-0.15, -0.1) is 0 Å². The second-order valence-corrected chi connectivity index (χ2v) is 32.0. The van der Waals surface area contributed by atoms with E-state index < -0.39 is 0 Å². The molecule has 0 unspecified atom stereocenters. The monoisotopic (exact) mass is 1320 g/mol. The summed E-state index contributed by atoms with van der Waals surface area (Å²) in [6, 6.07) is 116. The largest absolute Gasteiger partial charge is 0.0616 e. The Balaban J connectivity index is 0.000000127. The Hall–Kier alpha value is -12.5. The molecule has 23 aromatic rings. The average Bonchev–Trinajstić information content (AvgIpc) is 1.53. The SMILES string of the molecule is CC(C)(C)c1ccc(-c2ccc(C(C)(C)C)cc2-c2ccc3c4cc5ccc6c(cc7c8ccccc8c8cccc6c87)c5cc4c4cccc2c34)cc1.c1cc2c3c(cccc3c1)-c1cc(-c3ccc4c5cc6ccc7c(cc8c9ccccc9c9cccc7c98)c6cc5c5cccc3c45)ccc1-2. The molecule has 1 aliphatic rings. The second-order valence-electron chi connectivity index (χ2n) is 32.0. The molecule has 104 heavy (non-hydrogen) atoms. The Bertz CT molecular complexity index is 7690. The van der Waals surface area contributed by atoms with Crippen LogP contribution < -0.4 is 0 Å². The van der Waals surface area contributed by atoms with E-state index >= 15 is 0 Å². The molecule has 484 valence electrons. The van der Waals surface area contributed by atoms with E-state index in [0.717, 1.165) is 0 Å². The normalized spacial score (nSPS) is 12.9. The summed E-state index contributed by atoms with van der Waals surface area (Å²) in [5, 5.41) is 45.5. The van der Waals surface area contributed by atoms with Gasteiger partial charge in [0, 0.05) is 0 Å². The van der Waals surface area contributed by atoms with Crippen molar-refractivity contribution in [2.45, 2.75) is 52.4 Å². The fourth-order valence-electron chi connectivity index (χ4n) is 19.6. The summed E-state index contributed by atoms with van der Waals surface area (Å²) in [7, 11) is 0. The first-order valence-electron chi connectivity index (χ1n) is 37.0. The third-order valence-corrected chi connectivity index (χ3v) is 24.5. The van der Waals surface area contributed by atoms with Crippen molar-refractivity contribution in [2.24, 2.45) is 0 Å². The number of hydrogen-bond donors (Lipinski definition) is 0. The van der Waals surface area contributed by atoms with Gasteiger partial charge in [-0.3, -0.25) is 0 Å². The number of fused-ring (bicyclic) bond motifs is 23. The first kappa shape index (κ1) is 58.2. The zero-order chi connectivity index (χ0) is 68.9. The predicted octanol–water partition coefficient (Wildman–Crippen LogP) is 30.0. The summed E-state index contributed by atoms with van der Waals surface area (Å²) in [5.41, 5.74) is 15.9. The standard InChI is InChI=1S/C54H42.C50H26/c1-53(2,3)33-20-17-31(18-21-33)35-24-22-34(54(4,5)6)28-47(35)39-25-26-44-46-27-32-19-23-38-42-15-9-13-40-36-11-7-8-12-37(36)50(52(40)42)30-48(38)45(32)29-49(46)43-16-10-14-41(39)51(43)44;1-2-10-32-31(9-1)37-14-6-15-38-34-20-18-29-24-44-41-22-21-30(28-17-19-33-36-11-3-7-27-8-4-12-39(48(27)36)43(33)23-28)35-13-5-16-40(49(35)41)46(44)25-42(29)45(34)26-47(32)50(37)38/h7-30H,1-6H3;1-26H. The van der Waals surface area contributed by atoms with Crippen LogP contribution in [0, 0.1) is 0 Å². The molecule has 24 rings (SSSR count). The van der Waals surface area contributed by atoms with Crippen LogP contribution in [-0.4, -0.2) is 0 Å². The van der Waals surface area contributed by atoms with Crippen molar-refractivity contribution in [2.75, 3.05) is 0 Å². The van der Waals surface area contributed by atoms with Crippen molar-refractivity contribution in [3.63, 3.8) is 0 Å². The van der Waals surface area contributed by atoms with Crippen LogP contribution in [0.2, 0.25) is 0 Å². The van der Waals surface area contributed by atoms with Crippen LogP contribution in [0.5, 0.6) is 0 Å². The van der Waals surface area contributed by atoms with Gasteiger partial charge in [0.05, 0.1) is 0 Å². The maximum Gasteiger partial charge on any atom is -0.00199 e. The Morgan fingerprint density at radius 2 is 0.481 bits per heavy atom. The maximum atomic E-state index is 2.49. The zero-order valence-corrected chi connectivity index (χ0v) is 58.9. The van der Waals surface area contributed by atoms with Gasteiger partial charge >= 0.3 is 0 Å². The van der Waals surface area contributed by atoms with E-state index in [1.54, 1.807) is 0 Å².